The first-order chi connectivity index (χ1) is 10.2. The van der Waals surface area contributed by atoms with Crippen LogP contribution in [-0.2, 0) is 6.54 Å². The van der Waals surface area contributed by atoms with E-state index in [4.69, 9.17) is 0 Å². The fraction of sp³-hybridized carbons (Fsp3) is 0.750. The maximum Gasteiger partial charge on any atom is 0.225 e. The van der Waals surface area contributed by atoms with Gasteiger partial charge in [-0.05, 0) is 39.4 Å². The van der Waals surface area contributed by atoms with Crippen molar-refractivity contribution in [2.24, 2.45) is 0 Å². The Balaban J connectivity index is 2.02. The molecule has 1 fully saturated rings. The van der Waals surface area contributed by atoms with E-state index in [1.807, 2.05) is 12.4 Å². The SMILES string of the molecule is CCCNCc1cnc(N2CCCN(C)CC2CC)nc1. The Kier molecular flexibility index (Phi) is 6.39. The van der Waals surface area contributed by atoms with Crippen LogP contribution < -0.4 is 10.2 Å². The van der Waals surface area contributed by atoms with Gasteiger partial charge in [-0.15, -0.1) is 0 Å². The van der Waals surface area contributed by atoms with Crippen molar-refractivity contribution in [3.05, 3.63) is 18.0 Å². The van der Waals surface area contributed by atoms with E-state index in [0.717, 1.165) is 57.1 Å². The number of anilines is 1. The van der Waals surface area contributed by atoms with Crippen molar-refractivity contribution in [2.45, 2.75) is 45.7 Å². The van der Waals surface area contributed by atoms with Crippen LogP contribution in [0.25, 0.3) is 0 Å². The number of nitrogens with zero attached hydrogens (tertiary/aromatic N) is 4. The Labute approximate surface area is 128 Å². The second kappa shape index (κ2) is 8.29. The first-order valence-electron chi connectivity index (χ1n) is 8.21. The average molecular weight is 291 g/mol. The summed E-state index contributed by atoms with van der Waals surface area (Å²) in [5.41, 5.74) is 1.16. The van der Waals surface area contributed by atoms with Gasteiger partial charge in [0.25, 0.3) is 0 Å². The van der Waals surface area contributed by atoms with Gasteiger partial charge in [0, 0.05) is 43.6 Å². The van der Waals surface area contributed by atoms with Crippen molar-refractivity contribution in [1.29, 1.82) is 0 Å². The number of aromatic nitrogens is 2. The van der Waals surface area contributed by atoms with Crippen LogP contribution in [0.4, 0.5) is 5.95 Å². The highest BCUT2D eigenvalue weighted by molar-refractivity contribution is 5.32. The molecule has 1 aromatic heterocycles. The zero-order chi connectivity index (χ0) is 15.1. The van der Waals surface area contributed by atoms with E-state index in [9.17, 15) is 0 Å². The number of nitrogens with one attached hydrogen (secondary N) is 1. The second-order valence-corrected chi connectivity index (χ2v) is 5.94. The molecule has 1 saturated heterocycles. The van der Waals surface area contributed by atoms with Crippen LogP contribution in [0, 0.1) is 0 Å². The second-order valence-electron chi connectivity index (χ2n) is 5.94. The predicted octanol–water partition coefficient (Wildman–Crippen LogP) is 1.90. The molecule has 2 rings (SSSR count). The third kappa shape index (κ3) is 4.64. The van der Waals surface area contributed by atoms with Gasteiger partial charge in [-0.2, -0.15) is 0 Å². The summed E-state index contributed by atoms with van der Waals surface area (Å²) >= 11 is 0. The minimum absolute atomic E-state index is 0.515. The van der Waals surface area contributed by atoms with E-state index in [1.165, 1.54) is 6.42 Å². The lowest BCUT2D eigenvalue weighted by atomic mass is 10.2. The van der Waals surface area contributed by atoms with Crippen molar-refractivity contribution in [3.63, 3.8) is 0 Å². The highest BCUT2D eigenvalue weighted by Crippen LogP contribution is 2.17. The zero-order valence-electron chi connectivity index (χ0n) is 13.7. The Bertz CT molecular complexity index is 406. The van der Waals surface area contributed by atoms with Gasteiger partial charge >= 0.3 is 0 Å². The van der Waals surface area contributed by atoms with Gasteiger partial charge in [0.2, 0.25) is 5.95 Å². The normalized spacial score (nSPS) is 20.5. The first kappa shape index (κ1) is 16.2. The molecule has 21 heavy (non-hydrogen) atoms. The molecule has 118 valence electrons. The molecule has 2 heterocycles. The first-order valence-corrected chi connectivity index (χ1v) is 8.21. The maximum absolute atomic E-state index is 4.60. The zero-order valence-corrected chi connectivity index (χ0v) is 13.7. The monoisotopic (exact) mass is 291 g/mol. The van der Waals surface area contributed by atoms with Crippen LogP contribution in [0.5, 0.6) is 0 Å². The van der Waals surface area contributed by atoms with Crippen molar-refractivity contribution < 1.29 is 0 Å². The molecule has 0 spiro atoms. The summed E-state index contributed by atoms with van der Waals surface area (Å²) in [7, 11) is 2.20. The fourth-order valence-corrected chi connectivity index (χ4v) is 2.85. The van der Waals surface area contributed by atoms with E-state index in [0.29, 0.717) is 6.04 Å². The average Bonchev–Trinajstić information content (AvgIpc) is 2.69. The van der Waals surface area contributed by atoms with Crippen molar-refractivity contribution >= 4 is 5.95 Å². The molecule has 0 aliphatic carbocycles. The molecule has 1 unspecified atom stereocenters. The van der Waals surface area contributed by atoms with E-state index < -0.39 is 0 Å². The summed E-state index contributed by atoms with van der Waals surface area (Å²) in [6.07, 6.45) is 7.39. The van der Waals surface area contributed by atoms with E-state index >= 15 is 0 Å². The molecule has 1 atom stereocenters. The molecule has 1 aliphatic rings. The smallest absolute Gasteiger partial charge is 0.225 e. The van der Waals surface area contributed by atoms with Crippen molar-refractivity contribution in [3.8, 4) is 0 Å². The highest BCUT2D eigenvalue weighted by Gasteiger charge is 2.23. The number of rotatable bonds is 6. The summed E-state index contributed by atoms with van der Waals surface area (Å²) < 4.78 is 0. The van der Waals surface area contributed by atoms with E-state index in [1.54, 1.807) is 0 Å². The summed E-state index contributed by atoms with van der Waals surface area (Å²) in [5.74, 6) is 0.886. The van der Waals surface area contributed by atoms with Crippen LogP contribution in [-0.4, -0.2) is 54.1 Å². The minimum Gasteiger partial charge on any atom is -0.337 e. The standard InChI is InChI=1S/C16H29N5/c1-4-7-17-10-14-11-18-16(19-12-14)21-9-6-8-20(3)13-15(21)5-2/h11-12,15,17H,4-10,13H2,1-3H3. The van der Waals surface area contributed by atoms with E-state index in [2.05, 4.69) is 46.0 Å². The fourth-order valence-electron chi connectivity index (χ4n) is 2.85. The topological polar surface area (TPSA) is 44.3 Å². The summed E-state index contributed by atoms with van der Waals surface area (Å²) in [4.78, 5) is 14.0. The molecule has 5 nitrogen and oxygen atoms in total. The Morgan fingerprint density at radius 2 is 2.00 bits per heavy atom. The molecule has 1 N–H and O–H groups in total. The molecular formula is C16H29N5. The summed E-state index contributed by atoms with van der Waals surface area (Å²) in [6, 6.07) is 0.515. The lowest BCUT2D eigenvalue weighted by Crippen LogP contribution is -2.40. The Morgan fingerprint density at radius 1 is 1.24 bits per heavy atom. The molecule has 0 aromatic carbocycles. The molecule has 0 bridgehead atoms. The van der Waals surface area contributed by atoms with Gasteiger partial charge < -0.3 is 15.1 Å². The molecule has 0 amide bonds. The molecule has 1 aromatic rings. The highest BCUT2D eigenvalue weighted by atomic mass is 15.3. The molecule has 0 saturated carbocycles. The van der Waals surface area contributed by atoms with Crippen LogP contribution in [0.1, 0.15) is 38.7 Å². The number of hydrogen-bond acceptors (Lipinski definition) is 5. The van der Waals surface area contributed by atoms with Gasteiger partial charge in [0.15, 0.2) is 0 Å². The lowest BCUT2D eigenvalue weighted by Gasteiger charge is -2.30. The van der Waals surface area contributed by atoms with E-state index in [-0.39, 0.29) is 0 Å². The number of likely N-dealkylation sites (N-methyl/N-ethyl adjacent to an activating group) is 1. The van der Waals surface area contributed by atoms with Gasteiger partial charge in [-0.25, -0.2) is 9.97 Å². The van der Waals surface area contributed by atoms with Crippen LogP contribution in [0.15, 0.2) is 12.4 Å². The van der Waals surface area contributed by atoms with Gasteiger partial charge in [-0.3, -0.25) is 0 Å². The minimum atomic E-state index is 0.515. The third-order valence-electron chi connectivity index (χ3n) is 4.08. The third-order valence-corrected chi connectivity index (χ3v) is 4.08. The largest absolute Gasteiger partial charge is 0.337 e. The maximum atomic E-state index is 4.60. The Morgan fingerprint density at radius 3 is 2.67 bits per heavy atom. The molecular weight excluding hydrogens is 262 g/mol. The van der Waals surface area contributed by atoms with Gasteiger partial charge in [0.1, 0.15) is 0 Å². The molecule has 1 aliphatic heterocycles. The predicted molar refractivity (Wildman–Crippen MR) is 87.6 cm³/mol. The molecule has 5 heteroatoms. The summed E-state index contributed by atoms with van der Waals surface area (Å²) in [5, 5.41) is 3.39. The lowest BCUT2D eigenvalue weighted by molar-refractivity contribution is 0.327. The van der Waals surface area contributed by atoms with Crippen LogP contribution >= 0.6 is 0 Å². The van der Waals surface area contributed by atoms with Crippen molar-refractivity contribution in [2.75, 3.05) is 38.1 Å². The van der Waals surface area contributed by atoms with Crippen molar-refractivity contribution in [1.82, 2.24) is 20.2 Å². The van der Waals surface area contributed by atoms with Gasteiger partial charge in [0.05, 0.1) is 0 Å². The molecule has 0 radical (unpaired) electrons. The van der Waals surface area contributed by atoms with Gasteiger partial charge in [-0.1, -0.05) is 13.8 Å². The number of hydrogen-bond donors (Lipinski definition) is 1. The summed E-state index contributed by atoms with van der Waals surface area (Å²) in [6.45, 7) is 9.63. The van der Waals surface area contributed by atoms with Crippen LogP contribution in [0.3, 0.4) is 0 Å². The quantitative estimate of drug-likeness (QED) is 0.811. The Hall–Kier alpha value is -1.20. The van der Waals surface area contributed by atoms with Crippen LogP contribution in [0.2, 0.25) is 0 Å².